The van der Waals surface area contributed by atoms with Gasteiger partial charge in [-0.05, 0) is 35.4 Å². The quantitative estimate of drug-likeness (QED) is 0.237. The smallest absolute Gasteiger partial charge is 0.328 e. The van der Waals surface area contributed by atoms with Crippen molar-refractivity contribution in [2.24, 2.45) is 0 Å². The maximum Gasteiger partial charge on any atom is 0.328 e. The van der Waals surface area contributed by atoms with E-state index in [1.165, 1.54) is 12.2 Å². The first-order chi connectivity index (χ1) is 18.0. The van der Waals surface area contributed by atoms with Crippen LogP contribution in [0.4, 0.5) is 0 Å². The number of para-hydroxylation sites is 1. The Morgan fingerprint density at radius 2 is 1.27 bits per heavy atom. The van der Waals surface area contributed by atoms with Crippen LogP contribution >= 0.6 is 0 Å². The lowest BCUT2D eigenvalue weighted by Crippen LogP contribution is -1.87. The molecule has 3 aromatic carbocycles. The summed E-state index contributed by atoms with van der Waals surface area (Å²) in [5.41, 5.74) is 6.31. The Morgan fingerprint density at radius 3 is 1.89 bits per heavy atom. The number of aliphatic carboxylic acids is 2. The Morgan fingerprint density at radius 1 is 0.676 bits per heavy atom. The number of imidazole rings is 1. The number of benzene rings is 3. The molecule has 5 aromatic rings. The van der Waals surface area contributed by atoms with Gasteiger partial charge in [0.2, 0.25) is 0 Å². The van der Waals surface area contributed by atoms with Gasteiger partial charge in [-0.15, -0.1) is 0 Å². The monoisotopic (exact) mass is 487 g/mol. The molecule has 7 nitrogen and oxygen atoms in total. The van der Waals surface area contributed by atoms with E-state index in [4.69, 9.17) is 20.2 Å². The molecule has 0 aliphatic rings. The van der Waals surface area contributed by atoms with E-state index in [0.717, 1.165) is 51.0 Å². The Kier molecular flexibility index (Phi) is 6.42. The van der Waals surface area contributed by atoms with Crippen LogP contribution in [0.2, 0.25) is 0 Å². The zero-order valence-corrected chi connectivity index (χ0v) is 19.5. The molecule has 0 spiro atoms. The summed E-state index contributed by atoms with van der Waals surface area (Å²) >= 11 is 0. The summed E-state index contributed by atoms with van der Waals surface area (Å²) < 4.78 is 0. The summed E-state index contributed by atoms with van der Waals surface area (Å²) in [5.74, 6) is -1.40. The number of pyridine rings is 1. The van der Waals surface area contributed by atoms with E-state index >= 15 is 0 Å². The molecule has 0 aliphatic heterocycles. The van der Waals surface area contributed by atoms with Crippen molar-refractivity contribution in [2.75, 3.05) is 0 Å². The molecule has 0 atom stereocenters. The molecule has 0 aliphatic carbocycles. The molecule has 2 aromatic heterocycles. The highest BCUT2D eigenvalue weighted by Gasteiger charge is 2.16. The molecule has 0 fully saturated rings. The molecule has 0 saturated carbocycles. The second-order valence-corrected chi connectivity index (χ2v) is 8.29. The molecule has 5 rings (SSSR count). The number of carboxylic acids is 2. The van der Waals surface area contributed by atoms with Gasteiger partial charge >= 0.3 is 11.9 Å². The van der Waals surface area contributed by atoms with Crippen LogP contribution in [0.3, 0.4) is 0 Å². The number of fused-ring (bicyclic) bond motifs is 1. The SMILES string of the molecule is O=C(O)/C=C/c1ccc(-c2nc(-c3ccc4ccccc4n3)[nH]c2-c2ccc(/C=C/C(=O)O)cc2)cc1. The van der Waals surface area contributed by atoms with Gasteiger partial charge in [-0.3, -0.25) is 0 Å². The predicted octanol–water partition coefficient (Wildman–Crippen LogP) is 6.15. The van der Waals surface area contributed by atoms with Crippen LogP contribution in [0.1, 0.15) is 11.1 Å². The first-order valence-corrected chi connectivity index (χ1v) is 11.5. The van der Waals surface area contributed by atoms with Crippen LogP contribution in [0.5, 0.6) is 0 Å². The molecule has 7 heteroatoms. The number of hydrogen-bond donors (Lipinski definition) is 3. The third kappa shape index (κ3) is 5.36. The van der Waals surface area contributed by atoms with E-state index in [1.54, 1.807) is 0 Å². The first kappa shape index (κ1) is 23.4. The van der Waals surface area contributed by atoms with Gasteiger partial charge in [0.1, 0.15) is 5.69 Å². The van der Waals surface area contributed by atoms with Gasteiger partial charge in [0, 0.05) is 28.7 Å². The van der Waals surface area contributed by atoms with E-state index in [0.29, 0.717) is 17.2 Å². The molecule has 0 unspecified atom stereocenters. The molecule has 3 N–H and O–H groups in total. The standard InChI is InChI=1S/C30H21N3O4/c34-26(35)17-9-19-5-11-22(12-6-19)28-29(23-13-7-20(8-14-23)10-18-27(36)37)33-30(32-28)25-16-15-21-3-1-2-4-24(21)31-25/h1-18H,(H,32,33)(H,34,35)(H,36,37)/b17-9+,18-10+. The van der Waals surface area contributed by atoms with E-state index in [-0.39, 0.29) is 0 Å². The largest absolute Gasteiger partial charge is 0.478 e. The zero-order valence-electron chi connectivity index (χ0n) is 19.5. The highest BCUT2D eigenvalue weighted by molar-refractivity contribution is 5.87. The fourth-order valence-electron chi connectivity index (χ4n) is 3.96. The van der Waals surface area contributed by atoms with Crippen molar-refractivity contribution in [1.29, 1.82) is 0 Å². The van der Waals surface area contributed by atoms with E-state index in [9.17, 15) is 9.59 Å². The van der Waals surface area contributed by atoms with Crippen LogP contribution in [0.15, 0.2) is 97.1 Å². The maximum absolute atomic E-state index is 10.8. The van der Waals surface area contributed by atoms with Gasteiger partial charge in [0.05, 0.1) is 16.9 Å². The number of nitrogens with one attached hydrogen (secondary N) is 1. The van der Waals surface area contributed by atoms with Crippen LogP contribution in [0.25, 0.3) is 57.1 Å². The number of aromatic amines is 1. The van der Waals surface area contributed by atoms with Crippen LogP contribution in [0, 0.1) is 0 Å². The minimum absolute atomic E-state index is 0.612. The first-order valence-electron chi connectivity index (χ1n) is 11.5. The molecule has 0 saturated heterocycles. The number of nitrogens with zero attached hydrogens (tertiary/aromatic N) is 2. The molecule has 0 amide bonds. The number of carbonyl (C=O) groups is 2. The van der Waals surface area contributed by atoms with Gasteiger partial charge < -0.3 is 15.2 Å². The third-order valence-electron chi connectivity index (χ3n) is 5.77. The maximum atomic E-state index is 10.8. The third-order valence-corrected chi connectivity index (χ3v) is 5.77. The topological polar surface area (TPSA) is 116 Å². The summed E-state index contributed by atoms with van der Waals surface area (Å²) in [5, 5.41) is 18.8. The molecule has 0 bridgehead atoms. The number of H-pyrrole nitrogens is 1. The average molecular weight is 488 g/mol. The van der Waals surface area contributed by atoms with Gasteiger partial charge in [-0.1, -0.05) is 72.8 Å². The normalized spacial score (nSPS) is 11.5. The minimum atomic E-state index is -1.01. The van der Waals surface area contributed by atoms with Crippen molar-refractivity contribution < 1.29 is 19.8 Å². The molecular weight excluding hydrogens is 466 g/mol. The van der Waals surface area contributed by atoms with Crippen molar-refractivity contribution in [3.63, 3.8) is 0 Å². The summed E-state index contributed by atoms with van der Waals surface area (Å²) in [6.45, 7) is 0. The second-order valence-electron chi connectivity index (χ2n) is 8.29. The van der Waals surface area contributed by atoms with E-state index in [1.807, 2.05) is 84.9 Å². The lowest BCUT2D eigenvalue weighted by molar-refractivity contribution is -0.132. The molecule has 2 heterocycles. The van der Waals surface area contributed by atoms with Crippen LogP contribution in [-0.4, -0.2) is 37.1 Å². The van der Waals surface area contributed by atoms with E-state index in [2.05, 4.69) is 4.98 Å². The van der Waals surface area contributed by atoms with Crippen molar-refractivity contribution in [3.8, 4) is 34.0 Å². The van der Waals surface area contributed by atoms with Crippen molar-refractivity contribution in [1.82, 2.24) is 15.0 Å². The number of hydrogen-bond acceptors (Lipinski definition) is 4. The number of rotatable bonds is 7. The summed E-state index contributed by atoms with van der Waals surface area (Å²) in [4.78, 5) is 34.8. The van der Waals surface area contributed by atoms with Gasteiger partial charge in [0.15, 0.2) is 5.82 Å². The lowest BCUT2D eigenvalue weighted by atomic mass is 10.0. The minimum Gasteiger partial charge on any atom is -0.478 e. The lowest BCUT2D eigenvalue weighted by Gasteiger charge is -2.05. The molecule has 37 heavy (non-hydrogen) atoms. The molecular formula is C30H21N3O4. The van der Waals surface area contributed by atoms with Crippen molar-refractivity contribution in [3.05, 3.63) is 108 Å². The average Bonchev–Trinajstić information content (AvgIpc) is 3.36. The van der Waals surface area contributed by atoms with Gasteiger partial charge in [0.25, 0.3) is 0 Å². The van der Waals surface area contributed by atoms with Crippen molar-refractivity contribution >= 4 is 35.0 Å². The van der Waals surface area contributed by atoms with E-state index < -0.39 is 11.9 Å². The summed E-state index contributed by atoms with van der Waals surface area (Å²) in [7, 11) is 0. The highest BCUT2D eigenvalue weighted by atomic mass is 16.4. The number of aromatic nitrogens is 3. The Balaban J connectivity index is 1.58. The predicted molar refractivity (Wildman–Crippen MR) is 144 cm³/mol. The zero-order chi connectivity index (χ0) is 25.8. The van der Waals surface area contributed by atoms with Crippen molar-refractivity contribution in [2.45, 2.75) is 0 Å². The summed E-state index contributed by atoms with van der Waals surface area (Å²) in [6, 6.07) is 26.7. The van der Waals surface area contributed by atoms with Gasteiger partial charge in [-0.2, -0.15) is 0 Å². The Hall–Kier alpha value is -5.30. The molecule has 0 radical (unpaired) electrons. The second kappa shape index (κ2) is 10.1. The molecule has 180 valence electrons. The van der Waals surface area contributed by atoms with Gasteiger partial charge in [-0.25, -0.2) is 19.6 Å². The fraction of sp³-hybridized carbons (Fsp3) is 0. The highest BCUT2D eigenvalue weighted by Crippen LogP contribution is 2.33. The Labute approximate surface area is 212 Å². The Bertz CT molecular complexity index is 1580. The van der Waals surface area contributed by atoms with Crippen LogP contribution < -0.4 is 0 Å². The van der Waals surface area contributed by atoms with Crippen LogP contribution in [-0.2, 0) is 9.59 Å². The number of carboxylic acid groups (broad SMARTS) is 2. The fourth-order valence-corrected chi connectivity index (χ4v) is 3.96. The summed E-state index contributed by atoms with van der Waals surface area (Å²) in [6.07, 6.45) is 5.26.